The number of amides is 2. The molecule has 7 nitrogen and oxygen atoms in total. The number of rotatable bonds is 7. The van der Waals surface area contributed by atoms with Crippen molar-refractivity contribution in [2.24, 2.45) is 0 Å². The van der Waals surface area contributed by atoms with Gasteiger partial charge in [0.1, 0.15) is 29.7 Å². The molecule has 1 saturated carbocycles. The van der Waals surface area contributed by atoms with Crippen molar-refractivity contribution in [3.05, 3.63) is 95.6 Å². The Morgan fingerprint density at radius 3 is 2.50 bits per heavy atom. The van der Waals surface area contributed by atoms with Gasteiger partial charge in [-0.1, -0.05) is 36.4 Å². The van der Waals surface area contributed by atoms with Gasteiger partial charge in [-0.3, -0.25) is 14.5 Å². The number of ether oxygens (including phenoxy) is 1. The molecule has 2 heterocycles. The fourth-order valence-corrected chi connectivity index (χ4v) is 6.06. The van der Waals surface area contributed by atoms with Crippen LogP contribution in [0.25, 0.3) is 16.9 Å². The van der Waals surface area contributed by atoms with Crippen molar-refractivity contribution in [2.75, 3.05) is 24.3 Å². The summed E-state index contributed by atoms with van der Waals surface area (Å²) < 4.78 is 36.2. The van der Waals surface area contributed by atoms with E-state index in [1.54, 1.807) is 36.1 Å². The summed E-state index contributed by atoms with van der Waals surface area (Å²) in [6.45, 7) is -0.211. The molecule has 2 amide bonds. The van der Waals surface area contributed by atoms with E-state index in [-0.39, 0.29) is 35.7 Å². The molecule has 0 saturated heterocycles. The van der Waals surface area contributed by atoms with Gasteiger partial charge in [-0.25, -0.2) is 13.5 Å². The number of hydrogen-bond acceptors (Lipinski definition) is 5. The van der Waals surface area contributed by atoms with E-state index >= 15 is 4.39 Å². The number of thioether (sulfide) groups is 1. The molecule has 1 aromatic heterocycles. The highest BCUT2D eigenvalue weighted by atomic mass is 32.2. The number of nitrogens with zero attached hydrogens (tertiary/aromatic N) is 3. The van der Waals surface area contributed by atoms with Crippen LogP contribution in [0.15, 0.2) is 72.8 Å². The van der Waals surface area contributed by atoms with Crippen LogP contribution in [0, 0.1) is 11.6 Å². The molecule has 0 radical (unpaired) electrons. The first kappa shape index (κ1) is 26.1. The highest BCUT2D eigenvalue weighted by Gasteiger charge is 2.39. The lowest BCUT2D eigenvalue weighted by Gasteiger charge is -2.23. The Labute approximate surface area is 234 Å². The zero-order valence-electron chi connectivity index (χ0n) is 21.6. The van der Waals surface area contributed by atoms with Crippen molar-refractivity contribution >= 4 is 29.4 Å². The van der Waals surface area contributed by atoms with Crippen molar-refractivity contribution in [2.45, 2.75) is 24.1 Å². The number of halogens is 2. The summed E-state index contributed by atoms with van der Waals surface area (Å²) in [6.07, 6.45) is 1.82. The third-order valence-corrected chi connectivity index (χ3v) is 8.18. The SMILES string of the molecule is COc1ccc(-n2nc(-c3ccccc3)c3c2N(CC(=O)NC2CC2)C(=O)CS[C@H]3c2ccc(F)cc2F)cc1. The lowest BCUT2D eigenvalue weighted by Crippen LogP contribution is -2.43. The fraction of sp³-hybridized carbons (Fsp3) is 0.233. The van der Waals surface area contributed by atoms with Gasteiger partial charge in [0, 0.05) is 28.8 Å². The minimum absolute atomic E-state index is 0.0102. The summed E-state index contributed by atoms with van der Waals surface area (Å²) in [6, 6.07) is 20.2. The largest absolute Gasteiger partial charge is 0.497 e. The first-order valence-corrected chi connectivity index (χ1v) is 14.0. The second-order valence-electron chi connectivity index (χ2n) is 9.74. The Balaban J connectivity index is 1.60. The van der Waals surface area contributed by atoms with E-state index in [0.29, 0.717) is 28.5 Å². The number of carbonyl (C=O) groups is 2. The summed E-state index contributed by atoms with van der Waals surface area (Å²) in [5.41, 5.74) is 2.73. The second-order valence-corrected chi connectivity index (χ2v) is 10.8. The number of aromatic nitrogens is 2. The first-order valence-electron chi connectivity index (χ1n) is 12.9. The number of hydrogen-bond donors (Lipinski definition) is 1. The van der Waals surface area contributed by atoms with Crippen LogP contribution in [-0.4, -0.2) is 47.0 Å². The molecule has 1 aliphatic heterocycles. The summed E-state index contributed by atoms with van der Waals surface area (Å²) in [4.78, 5) is 28.1. The quantitative estimate of drug-likeness (QED) is 0.333. The van der Waals surface area contributed by atoms with E-state index in [4.69, 9.17) is 9.84 Å². The smallest absolute Gasteiger partial charge is 0.240 e. The predicted molar refractivity (Wildman–Crippen MR) is 150 cm³/mol. The van der Waals surface area contributed by atoms with Crippen molar-refractivity contribution in [3.63, 3.8) is 0 Å². The zero-order valence-corrected chi connectivity index (χ0v) is 22.5. The number of benzene rings is 3. The van der Waals surface area contributed by atoms with Gasteiger partial charge in [0.25, 0.3) is 0 Å². The maximum atomic E-state index is 15.3. The normalized spacial score (nSPS) is 16.8. The highest BCUT2D eigenvalue weighted by Crippen LogP contribution is 2.49. The van der Waals surface area contributed by atoms with Gasteiger partial charge >= 0.3 is 0 Å². The highest BCUT2D eigenvalue weighted by molar-refractivity contribution is 8.00. The van der Waals surface area contributed by atoms with Crippen molar-refractivity contribution in [1.29, 1.82) is 0 Å². The molecule has 0 bridgehead atoms. The molecule has 6 rings (SSSR count). The van der Waals surface area contributed by atoms with Crippen molar-refractivity contribution in [1.82, 2.24) is 15.1 Å². The van der Waals surface area contributed by atoms with E-state index < -0.39 is 16.9 Å². The zero-order chi connectivity index (χ0) is 27.8. The molecule has 10 heteroatoms. The lowest BCUT2D eigenvalue weighted by atomic mass is 9.99. The number of carbonyl (C=O) groups excluding carboxylic acids is 2. The monoisotopic (exact) mass is 560 g/mol. The third kappa shape index (κ3) is 5.06. The van der Waals surface area contributed by atoms with E-state index in [1.807, 2.05) is 30.3 Å². The summed E-state index contributed by atoms with van der Waals surface area (Å²) in [7, 11) is 1.57. The Kier molecular flexibility index (Phi) is 7.02. The molecule has 4 aromatic rings. The Hall–Kier alpha value is -4.18. The average Bonchev–Trinajstić information content (AvgIpc) is 3.71. The van der Waals surface area contributed by atoms with E-state index in [2.05, 4.69) is 5.32 Å². The van der Waals surface area contributed by atoms with Gasteiger partial charge in [0.15, 0.2) is 0 Å². The van der Waals surface area contributed by atoms with Crippen LogP contribution < -0.4 is 15.0 Å². The Bertz CT molecular complexity index is 1570. The molecular formula is C30H26F2N4O3S. The van der Waals surface area contributed by atoms with Crippen LogP contribution in [0.2, 0.25) is 0 Å². The minimum Gasteiger partial charge on any atom is -0.497 e. The maximum absolute atomic E-state index is 15.3. The number of fused-ring (bicyclic) bond motifs is 1. The molecule has 3 aromatic carbocycles. The van der Waals surface area contributed by atoms with Gasteiger partial charge in [-0.15, -0.1) is 11.8 Å². The standard InChI is InChI=1S/C30H26F2N4O3S/c1-39-22-12-10-21(11-13-22)36-30-27(28(34-36)18-5-3-2-4-6-18)29(23-14-7-19(31)15-24(23)32)40-17-26(38)35(30)16-25(37)33-20-8-9-20/h2-7,10-15,20,29H,8-9,16-17H2,1H3,(H,33,37)/t29-/m0/s1. The van der Waals surface area contributed by atoms with E-state index in [0.717, 1.165) is 24.5 Å². The second kappa shape index (κ2) is 10.8. The predicted octanol–water partition coefficient (Wildman–Crippen LogP) is 5.27. The van der Waals surface area contributed by atoms with Gasteiger partial charge < -0.3 is 10.1 Å². The molecule has 2 aliphatic rings. The average molecular weight is 561 g/mol. The Morgan fingerprint density at radius 1 is 1.07 bits per heavy atom. The molecule has 204 valence electrons. The lowest BCUT2D eigenvalue weighted by molar-refractivity contribution is -0.123. The van der Waals surface area contributed by atoms with Crippen LogP contribution in [-0.2, 0) is 9.59 Å². The molecule has 1 N–H and O–H groups in total. The number of anilines is 1. The molecule has 1 fully saturated rings. The van der Waals surface area contributed by atoms with Crippen molar-refractivity contribution in [3.8, 4) is 22.7 Å². The molecule has 40 heavy (non-hydrogen) atoms. The molecule has 0 unspecified atom stereocenters. The van der Waals surface area contributed by atoms with Crippen LogP contribution >= 0.6 is 11.8 Å². The van der Waals surface area contributed by atoms with Gasteiger partial charge in [-0.2, -0.15) is 5.10 Å². The maximum Gasteiger partial charge on any atom is 0.240 e. The topological polar surface area (TPSA) is 76.5 Å². The first-order chi connectivity index (χ1) is 19.4. The summed E-state index contributed by atoms with van der Waals surface area (Å²) >= 11 is 1.23. The summed E-state index contributed by atoms with van der Waals surface area (Å²) in [5.74, 6) is -0.983. The molecular weight excluding hydrogens is 534 g/mol. The molecule has 0 spiro atoms. The summed E-state index contributed by atoms with van der Waals surface area (Å²) in [5, 5.41) is 7.22. The molecule has 1 aliphatic carbocycles. The Morgan fingerprint density at radius 2 is 1.82 bits per heavy atom. The van der Waals surface area contributed by atoms with Gasteiger partial charge in [0.2, 0.25) is 11.8 Å². The number of nitrogens with one attached hydrogen (secondary N) is 1. The fourth-order valence-electron chi connectivity index (χ4n) is 4.84. The van der Waals surface area contributed by atoms with Crippen LogP contribution in [0.5, 0.6) is 5.75 Å². The van der Waals surface area contributed by atoms with Gasteiger partial charge in [-0.05, 0) is 43.2 Å². The third-order valence-electron chi connectivity index (χ3n) is 6.94. The van der Waals surface area contributed by atoms with Crippen LogP contribution in [0.4, 0.5) is 14.6 Å². The van der Waals surface area contributed by atoms with Crippen LogP contribution in [0.1, 0.15) is 29.2 Å². The molecule has 1 atom stereocenters. The van der Waals surface area contributed by atoms with Gasteiger partial charge in [0.05, 0.1) is 29.5 Å². The van der Waals surface area contributed by atoms with E-state index in [9.17, 15) is 14.0 Å². The van der Waals surface area contributed by atoms with Crippen LogP contribution in [0.3, 0.4) is 0 Å². The number of methoxy groups -OCH3 is 1. The minimum atomic E-state index is -0.716. The van der Waals surface area contributed by atoms with Crippen molar-refractivity contribution < 1.29 is 23.1 Å². The van der Waals surface area contributed by atoms with E-state index in [1.165, 1.54) is 28.8 Å².